The van der Waals surface area contributed by atoms with E-state index in [1.807, 2.05) is 0 Å². The summed E-state index contributed by atoms with van der Waals surface area (Å²) < 4.78 is 41.8. The van der Waals surface area contributed by atoms with Crippen LogP contribution in [0.1, 0.15) is 10.4 Å². The Kier molecular flexibility index (Phi) is 2.83. The van der Waals surface area contributed by atoms with Crippen molar-refractivity contribution in [2.75, 3.05) is 7.11 Å². The molecule has 0 unspecified atom stereocenters. The molecule has 0 fully saturated rings. The molecular weight excluding hydrogens is 196 g/mol. The van der Waals surface area contributed by atoms with Crippen molar-refractivity contribution in [1.82, 2.24) is 0 Å². The van der Waals surface area contributed by atoms with Crippen molar-refractivity contribution in [3.63, 3.8) is 0 Å². The molecule has 0 aliphatic heterocycles. The first-order chi connectivity index (χ1) is 6.49. The predicted octanol–water partition coefficient (Wildman–Crippen LogP) is 1.56. The Morgan fingerprint density at radius 1 is 1.36 bits per heavy atom. The second-order valence-electron chi connectivity index (χ2n) is 2.69. The lowest BCUT2D eigenvalue weighted by atomic mass is 9.78. The molecule has 76 valence electrons. The molecule has 0 N–H and O–H groups in total. The fraction of sp³-hybridized carbons (Fsp3) is 0.125. The van der Waals surface area contributed by atoms with Gasteiger partial charge in [-0.2, -0.15) is 0 Å². The summed E-state index contributed by atoms with van der Waals surface area (Å²) in [5.41, 5.74) is -0.892. The first-order valence-electron chi connectivity index (χ1n) is 3.82. The molecule has 0 atom stereocenters. The molecule has 0 spiro atoms. The monoisotopic (exact) mass is 203 g/mol. The van der Waals surface area contributed by atoms with Gasteiger partial charge in [0.25, 0.3) is 0 Å². The van der Waals surface area contributed by atoms with Gasteiger partial charge in [0.2, 0.25) is 0 Å². The molecule has 0 heterocycles. The first-order valence-corrected chi connectivity index (χ1v) is 3.82. The molecule has 0 aliphatic rings. The number of halogens is 3. The van der Waals surface area contributed by atoms with Crippen molar-refractivity contribution >= 4 is 18.7 Å². The maximum Gasteiger partial charge on any atom is 0.513 e. The summed E-state index contributed by atoms with van der Waals surface area (Å²) >= 11 is 0. The number of hydrogen-bond donors (Lipinski definition) is 0. The highest BCUT2D eigenvalue weighted by molar-refractivity contribution is 6.74. The highest BCUT2D eigenvalue weighted by Gasteiger charge is 2.29. The summed E-state index contributed by atoms with van der Waals surface area (Å²) in [6.07, 6.45) is 0.366. The van der Waals surface area contributed by atoms with Crippen LogP contribution >= 0.6 is 0 Å². The fourth-order valence-electron chi connectivity index (χ4n) is 1.08. The van der Waals surface area contributed by atoms with Gasteiger partial charge in [-0.1, -0.05) is 11.5 Å². The van der Waals surface area contributed by atoms with Gasteiger partial charge in [0.05, 0.1) is 12.9 Å². The molecule has 0 radical (unpaired) electrons. The largest absolute Gasteiger partial charge is 0.513 e. The van der Waals surface area contributed by atoms with E-state index in [0.29, 0.717) is 6.29 Å². The minimum absolute atomic E-state index is 0.0139. The van der Waals surface area contributed by atoms with Gasteiger partial charge in [-0.05, 0) is 12.1 Å². The van der Waals surface area contributed by atoms with Gasteiger partial charge in [-0.3, -0.25) is 4.79 Å². The van der Waals surface area contributed by atoms with E-state index in [1.54, 1.807) is 0 Å². The Labute approximate surface area is 78.7 Å². The molecule has 0 saturated carbocycles. The third-order valence-electron chi connectivity index (χ3n) is 1.74. The van der Waals surface area contributed by atoms with Crippen molar-refractivity contribution in [1.29, 1.82) is 0 Å². The van der Waals surface area contributed by atoms with Gasteiger partial charge in [0.1, 0.15) is 6.29 Å². The average Bonchev–Trinajstić information content (AvgIpc) is 2.15. The summed E-state index contributed by atoms with van der Waals surface area (Å²) in [7, 11) is 1.15. The molecule has 1 rings (SSSR count). The lowest BCUT2D eigenvalue weighted by molar-refractivity contribution is 0.112. The van der Waals surface area contributed by atoms with Crippen LogP contribution in [0.4, 0.5) is 12.9 Å². The number of ether oxygens (including phenoxy) is 1. The zero-order valence-electron chi connectivity index (χ0n) is 7.34. The van der Waals surface area contributed by atoms with Gasteiger partial charge in [-0.15, -0.1) is 0 Å². The van der Waals surface area contributed by atoms with Crippen LogP contribution < -0.4 is 10.2 Å². The van der Waals surface area contributed by atoms with E-state index in [9.17, 15) is 17.7 Å². The lowest BCUT2D eigenvalue weighted by Gasteiger charge is -2.18. The smallest absolute Gasteiger partial charge is 0.500 e. The number of benzene rings is 1. The van der Waals surface area contributed by atoms with Gasteiger partial charge in [0.15, 0.2) is 0 Å². The number of hydrogen-bond acceptors (Lipinski definition) is 2. The van der Waals surface area contributed by atoms with Crippen LogP contribution in [-0.2, 0) is 0 Å². The quantitative estimate of drug-likeness (QED) is 0.550. The van der Waals surface area contributed by atoms with Crippen LogP contribution in [0, 0.1) is 0 Å². The molecular formula is C8H7BF3O2-. The number of carbonyl (C=O) groups is 1. The minimum Gasteiger partial charge on any atom is -0.500 e. The maximum atomic E-state index is 12.4. The first kappa shape index (κ1) is 10.6. The van der Waals surface area contributed by atoms with E-state index in [1.165, 1.54) is 6.07 Å². The number of rotatable bonds is 3. The Hall–Kier alpha value is -1.46. The van der Waals surface area contributed by atoms with Gasteiger partial charge in [-0.25, -0.2) is 0 Å². The Bertz CT molecular complexity index is 349. The van der Waals surface area contributed by atoms with Crippen LogP contribution in [-0.4, -0.2) is 20.4 Å². The highest BCUT2D eigenvalue weighted by Crippen LogP contribution is 2.18. The highest BCUT2D eigenvalue weighted by atomic mass is 19.4. The second-order valence-corrected chi connectivity index (χ2v) is 2.69. The molecule has 14 heavy (non-hydrogen) atoms. The Balaban J connectivity index is 3.29. The molecule has 0 bridgehead atoms. The molecule has 2 nitrogen and oxygen atoms in total. The predicted molar refractivity (Wildman–Crippen MR) is 47.1 cm³/mol. The summed E-state index contributed by atoms with van der Waals surface area (Å²) in [5, 5.41) is 0. The zero-order chi connectivity index (χ0) is 10.8. The van der Waals surface area contributed by atoms with E-state index < -0.39 is 12.4 Å². The molecule has 0 aromatic heterocycles. The van der Waals surface area contributed by atoms with Crippen molar-refractivity contribution in [3.05, 3.63) is 23.8 Å². The van der Waals surface area contributed by atoms with E-state index in [4.69, 9.17) is 0 Å². The van der Waals surface area contributed by atoms with Crippen LogP contribution in [0.2, 0.25) is 0 Å². The van der Waals surface area contributed by atoms with E-state index in [2.05, 4.69) is 4.74 Å². The summed E-state index contributed by atoms with van der Waals surface area (Å²) in [5.74, 6) is -0.261. The van der Waals surface area contributed by atoms with Crippen molar-refractivity contribution in [3.8, 4) is 5.75 Å². The van der Waals surface area contributed by atoms with Crippen LogP contribution in [0.25, 0.3) is 0 Å². The minimum atomic E-state index is -5.15. The van der Waals surface area contributed by atoms with Crippen LogP contribution in [0.15, 0.2) is 18.2 Å². The average molecular weight is 203 g/mol. The lowest BCUT2D eigenvalue weighted by Crippen LogP contribution is -2.35. The van der Waals surface area contributed by atoms with Gasteiger partial charge >= 0.3 is 6.98 Å². The van der Waals surface area contributed by atoms with Crippen molar-refractivity contribution < 1.29 is 22.5 Å². The normalized spacial score (nSPS) is 11.1. The second kappa shape index (κ2) is 3.73. The Morgan fingerprint density at radius 3 is 2.43 bits per heavy atom. The topological polar surface area (TPSA) is 26.3 Å². The van der Waals surface area contributed by atoms with E-state index in [-0.39, 0.29) is 11.3 Å². The molecule has 0 amide bonds. The third-order valence-corrected chi connectivity index (χ3v) is 1.74. The molecule has 1 aromatic rings. The fourth-order valence-corrected chi connectivity index (χ4v) is 1.08. The number of carbonyl (C=O) groups excluding carboxylic acids is 1. The summed E-state index contributed by atoms with van der Waals surface area (Å²) in [4.78, 5) is 10.3. The summed E-state index contributed by atoms with van der Waals surface area (Å²) in [6, 6.07) is 3.19. The van der Waals surface area contributed by atoms with Gasteiger partial charge in [0, 0.05) is 5.56 Å². The molecule has 0 saturated heterocycles. The van der Waals surface area contributed by atoms with Crippen LogP contribution in [0.3, 0.4) is 0 Å². The van der Waals surface area contributed by atoms with Crippen molar-refractivity contribution in [2.45, 2.75) is 0 Å². The maximum absolute atomic E-state index is 12.4. The molecule has 0 aliphatic carbocycles. The van der Waals surface area contributed by atoms with E-state index in [0.717, 1.165) is 19.2 Å². The number of aldehydes is 1. The van der Waals surface area contributed by atoms with Gasteiger partial charge < -0.3 is 17.7 Å². The molecule has 1 aromatic carbocycles. The van der Waals surface area contributed by atoms with Crippen molar-refractivity contribution in [2.24, 2.45) is 0 Å². The standard InChI is InChI=1S/C8H7BF3O2/c1-14-8-3-2-6(5-13)4-7(8)9(10,11)12/h2-5H,1H3/q-1. The molecule has 6 heteroatoms. The third kappa shape index (κ3) is 2.07. The zero-order valence-corrected chi connectivity index (χ0v) is 7.34. The SMILES string of the molecule is COc1ccc(C=O)cc1[B-](F)(F)F. The number of methoxy groups -OCH3 is 1. The Morgan fingerprint density at radius 2 is 2.00 bits per heavy atom. The van der Waals surface area contributed by atoms with E-state index >= 15 is 0 Å². The summed E-state index contributed by atoms with van der Waals surface area (Å²) in [6.45, 7) is -5.15. The van der Waals surface area contributed by atoms with Crippen LogP contribution in [0.5, 0.6) is 5.75 Å².